The summed E-state index contributed by atoms with van der Waals surface area (Å²) in [5, 5.41) is 8.27. The molecule has 0 aliphatic rings. The van der Waals surface area contributed by atoms with Gasteiger partial charge in [-0.05, 0) is 18.2 Å². The fourth-order valence-corrected chi connectivity index (χ4v) is 1.10. The summed E-state index contributed by atoms with van der Waals surface area (Å²) in [6, 6.07) is 0.187. The van der Waals surface area contributed by atoms with Crippen molar-refractivity contribution in [1.82, 2.24) is 4.98 Å². The van der Waals surface area contributed by atoms with Crippen molar-refractivity contribution in [3.63, 3.8) is 0 Å². The normalized spacial score (nSPS) is 12.9. The zero-order chi connectivity index (χ0) is 14.8. The van der Waals surface area contributed by atoms with Crippen LogP contribution in [0.25, 0.3) is 6.08 Å². The van der Waals surface area contributed by atoms with Crippen molar-refractivity contribution in [2.24, 2.45) is 0 Å². The molecule has 19 heavy (non-hydrogen) atoms. The van der Waals surface area contributed by atoms with Gasteiger partial charge in [0.15, 0.2) is 0 Å². The number of aromatic nitrogens is 1. The van der Waals surface area contributed by atoms with Crippen LogP contribution in [0.1, 0.15) is 17.0 Å². The zero-order valence-corrected chi connectivity index (χ0v) is 8.88. The molecule has 0 fully saturated rings. The molecule has 0 saturated carbocycles. The Kier molecular flexibility index (Phi) is 3.87. The Balaban J connectivity index is 3.37. The van der Waals surface area contributed by atoms with Crippen LogP contribution in [0.2, 0.25) is 0 Å². The Morgan fingerprint density at radius 1 is 1.11 bits per heavy atom. The summed E-state index contributed by atoms with van der Waals surface area (Å²) in [5.41, 5.74) is -4.04. The highest BCUT2D eigenvalue weighted by molar-refractivity contribution is 5.84. The van der Waals surface area contributed by atoms with Gasteiger partial charge in [0, 0.05) is 6.08 Å². The minimum Gasteiger partial charge on any atom is -0.478 e. The molecule has 0 spiro atoms. The van der Waals surface area contributed by atoms with Gasteiger partial charge in [0.2, 0.25) is 0 Å². The van der Waals surface area contributed by atoms with Gasteiger partial charge in [-0.3, -0.25) is 0 Å². The molecule has 1 aromatic heterocycles. The van der Waals surface area contributed by atoms with Gasteiger partial charge in [0.1, 0.15) is 5.69 Å². The van der Waals surface area contributed by atoms with Crippen molar-refractivity contribution in [3.05, 3.63) is 35.2 Å². The minimum absolute atomic E-state index is 0.141. The molecule has 0 bridgehead atoms. The number of rotatable bonds is 2. The van der Waals surface area contributed by atoms with Crippen molar-refractivity contribution < 1.29 is 36.2 Å². The lowest BCUT2D eigenvalue weighted by Gasteiger charge is -2.11. The van der Waals surface area contributed by atoms with Gasteiger partial charge in [-0.2, -0.15) is 26.3 Å². The summed E-state index contributed by atoms with van der Waals surface area (Å²) in [7, 11) is 0. The largest absolute Gasteiger partial charge is 0.478 e. The standard InChI is InChI=1S/C10H5F6NO2/c11-9(12,13)5-3-6(1-2-8(18)19)17-7(4-5)10(14,15)16/h1-4H,(H,18,19)/b2-1+. The van der Waals surface area contributed by atoms with E-state index < -0.39 is 35.3 Å². The number of nitrogens with zero attached hydrogens (tertiary/aromatic N) is 1. The second-order valence-electron chi connectivity index (χ2n) is 3.33. The number of alkyl halides is 6. The summed E-state index contributed by atoms with van der Waals surface area (Å²) in [6.45, 7) is 0. The predicted molar refractivity (Wildman–Crippen MR) is 50.9 cm³/mol. The van der Waals surface area contributed by atoms with E-state index in [-0.39, 0.29) is 6.07 Å². The molecule has 1 rings (SSSR count). The highest BCUT2D eigenvalue weighted by Crippen LogP contribution is 2.34. The molecule has 3 nitrogen and oxygen atoms in total. The fourth-order valence-electron chi connectivity index (χ4n) is 1.10. The van der Waals surface area contributed by atoms with Crippen LogP contribution >= 0.6 is 0 Å². The van der Waals surface area contributed by atoms with Crippen LogP contribution < -0.4 is 0 Å². The van der Waals surface area contributed by atoms with Gasteiger partial charge >= 0.3 is 18.3 Å². The van der Waals surface area contributed by atoms with Gasteiger partial charge in [-0.1, -0.05) is 0 Å². The topological polar surface area (TPSA) is 50.2 Å². The number of pyridine rings is 1. The van der Waals surface area contributed by atoms with Gasteiger partial charge < -0.3 is 5.11 Å². The second kappa shape index (κ2) is 4.90. The molecule has 0 amide bonds. The SMILES string of the molecule is O=C(O)/C=C/c1cc(C(F)(F)F)cc(C(F)(F)F)n1. The maximum atomic E-state index is 12.4. The van der Waals surface area contributed by atoms with E-state index in [1.165, 1.54) is 0 Å². The molecule has 0 saturated heterocycles. The maximum absolute atomic E-state index is 12.4. The van der Waals surface area contributed by atoms with Crippen LogP contribution in [0.3, 0.4) is 0 Å². The van der Waals surface area contributed by atoms with Gasteiger partial charge in [-0.25, -0.2) is 9.78 Å². The van der Waals surface area contributed by atoms with Crippen molar-refractivity contribution in [3.8, 4) is 0 Å². The molecule has 0 aromatic carbocycles. The van der Waals surface area contributed by atoms with Crippen LogP contribution in [0, 0.1) is 0 Å². The Bertz CT molecular complexity index is 485. The first-order valence-corrected chi connectivity index (χ1v) is 4.57. The lowest BCUT2D eigenvalue weighted by Crippen LogP contribution is -2.13. The number of aliphatic carboxylic acids is 1. The van der Waals surface area contributed by atoms with Gasteiger partial charge in [0.05, 0.1) is 11.3 Å². The van der Waals surface area contributed by atoms with E-state index in [0.717, 1.165) is 0 Å². The molecule has 1 heterocycles. The minimum atomic E-state index is -5.06. The van der Waals surface area contributed by atoms with Gasteiger partial charge in [-0.15, -0.1) is 0 Å². The van der Waals surface area contributed by atoms with Crippen molar-refractivity contribution in [2.75, 3.05) is 0 Å². The molecule has 0 aliphatic carbocycles. The number of hydrogen-bond donors (Lipinski definition) is 1. The molecule has 0 aliphatic heterocycles. The lowest BCUT2D eigenvalue weighted by atomic mass is 10.1. The third kappa shape index (κ3) is 4.27. The quantitative estimate of drug-likeness (QED) is 0.670. The van der Waals surface area contributed by atoms with E-state index in [1.807, 2.05) is 0 Å². The predicted octanol–water partition coefficient (Wildman–Crippen LogP) is 3.22. The smallest absolute Gasteiger partial charge is 0.433 e. The van der Waals surface area contributed by atoms with Crippen LogP contribution in [0.4, 0.5) is 26.3 Å². The zero-order valence-electron chi connectivity index (χ0n) is 8.88. The van der Waals surface area contributed by atoms with Crippen LogP contribution in [0.5, 0.6) is 0 Å². The summed E-state index contributed by atoms with van der Waals surface area (Å²) >= 11 is 0. The Labute approximate surface area is 102 Å². The molecule has 0 unspecified atom stereocenters. The Morgan fingerprint density at radius 2 is 1.68 bits per heavy atom. The van der Waals surface area contributed by atoms with Crippen LogP contribution in [0.15, 0.2) is 18.2 Å². The number of carbonyl (C=O) groups is 1. The summed E-state index contributed by atoms with van der Waals surface area (Å²) < 4.78 is 74.3. The molecular formula is C10H5F6NO2. The van der Waals surface area contributed by atoms with Crippen molar-refractivity contribution >= 4 is 12.0 Å². The van der Waals surface area contributed by atoms with Crippen molar-refractivity contribution in [2.45, 2.75) is 12.4 Å². The molecular weight excluding hydrogens is 280 g/mol. The molecule has 104 valence electrons. The van der Waals surface area contributed by atoms with E-state index >= 15 is 0 Å². The first-order chi connectivity index (χ1) is 8.50. The first-order valence-electron chi connectivity index (χ1n) is 4.57. The average Bonchev–Trinajstić information content (AvgIpc) is 2.23. The highest BCUT2D eigenvalue weighted by Gasteiger charge is 2.37. The number of halogens is 6. The molecule has 0 radical (unpaired) electrons. The monoisotopic (exact) mass is 285 g/mol. The molecule has 1 N–H and O–H groups in total. The molecule has 0 atom stereocenters. The second-order valence-corrected chi connectivity index (χ2v) is 3.33. The van der Waals surface area contributed by atoms with E-state index in [4.69, 9.17) is 5.11 Å². The fraction of sp³-hybridized carbons (Fsp3) is 0.200. The Hall–Kier alpha value is -2.06. The van der Waals surface area contributed by atoms with Crippen LogP contribution in [-0.2, 0) is 17.1 Å². The number of carboxylic acid groups (broad SMARTS) is 1. The van der Waals surface area contributed by atoms with E-state index in [9.17, 15) is 31.1 Å². The maximum Gasteiger partial charge on any atom is 0.433 e. The van der Waals surface area contributed by atoms with Gasteiger partial charge in [0.25, 0.3) is 0 Å². The molecule has 9 heteroatoms. The lowest BCUT2D eigenvalue weighted by molar-refractivity contribution is -0.145. The molecule has 1 aromatic rings. The van der Waals surface area contributed by atoms with Crippen molar-refractivity contribution in [1.29, 1.82) is 0 Å². The third-order valence-electron chi connectivity index (χ3n) is 1.86. The van der Waals surface area contributed by atoms with E-state index in [0.29, 0.717) is 18.2 Å². The summed E-state index contributed by atoms with van der Waals surface area (Å²) in [5.74, 6) is -1.52. The summed E-state index contributed by atoms with van der Waals surface area (Å²) in [4.78, 5) is 13.1. The highest BCUT2D eigenvalue weighted by atomic mass is 19.4. The van der Waals surface area contributed by atoms with Crippen LogP contribution in [-0.4, -0.2) is 16.1 Å². The third-order valence-corrected chi connectivity index (χ3v) is 1.86. The number of hydrogen-bond acceptors (Lipinski definition) is 2. The number of carboxylic acids is 1. The van der Waals surface area contributed by atoms with E-state index in [2.05, 4.69) is 4.98 Å². The Morgan fingerprint density at radius 3 is 2.11 bits per heavy atom. The summed E-state index contributed by atoms with van der Waals surface area (Å²) in [6.07, 6.45) is -9.11. The first kappa shape index (κ1) is 15.0. The average molecular weight is 285 g/mol. The van der Waals surface area contributed by atoms with E-state index in [1.54, 1.807) is 0 Å².